The van der Waals surface area contributed by atoms with Crippen LogP contribution in [-0.4, -0.2) is 57.7 Å². The minimum atomic E-state index is -3.18. The highest BCUT2D eigenvalue weighted by atomic mass is 127. The molecule has 1 rings (SSSR count). The van der Waals surface area contributed by atoms with Crippen LogP contribution in [0.25, 0.3) is 0 Å². The second-order valence-corrected chi connectivity index (χ2v) is 8.05. The first-order chi connectivity index (χ1) is 10.4. The average molecular weight is 460 g/mol. The molecule has 8 heteroatoms. The predicted molar refractivity (Wildman–Crippen MR) is 108 cm³/mol. The topological polar surface area (TPSA) is 73.8 Å². The average Bonchev–Trinajstić information content (AvgIpc) is 2.45. The summed E-state index contributed by atoms with van der Waals surface area (Å²) in [5.74, 6) is 0.781. The molecule has 6 nitrogen and oxygen atoms in total. The summed E-state index contributed by atoms with van der Waals surface area (Å²) in [6, 6.07) is 0. The number of hydrogen-bond acceptors (Lipinski definition) is 3. The quantitative estimate of drug-likeness (QED) is 0.314. The second kappa shape index (κ2) is 10.7. The normalized spacial score (nSPS) is 17.3. The van der Waals surface area contributed by atoms with Crippen molar-refractivity contribution in [3.8, 4) is 0 Å². The van der Waals surface area contributed by atoms with Crippen molar-refractivity contribution in [1.29, 1.82) is 0 Å². The van der Waals surface area contributed by atoms with Gasteiger partial charge in [0.1, 0.15) is 0 Å². The summed E-state index contributed by atoms with van der Waals surface area (Å²) in [4.78, 5) is 4.17. The maximum Gasteiger partial charge on any atom is 0.215 e. The van der Waals surface area contributed by atoms with Crippen LogP contribution in [0.15, 0.2) is 4.99 Å². The van der Waals surface area contributed by atoms with Crippen LogP contribution < -0.4 is 10.6 Å². The minimum absolute atomic E-state index is 0. The lowest BCUT2D eigenvalue weighted by Gasteiger charge is -2.41. The molecule has 0 atom stereocenters. The fourth-order valence-corrected chi connectivity index (χ4v) is 4.27. The molecular formula is C15H33IN4O2S. The highest BCUT2D eigenvalue weighted by Gasteiger charge is 2.34. The number of nitrogens with one attached hydrogen (secondary N) is 2. The fourth-order valence-electron chi connectivity index (χ4n) is 2.87. The summed E-state index contributed by atoms with van der Waals surface area (Å²) < 4.78 is 25.7. The zero-order valence-electron chi connectivity index (χ0n) is 14.9. The van der Waals surface area contributed by atoms with E-state index in [1.54, 1.807) is 7.05 Å². The van der Waals surface area contributed by atoms with Crippen molar-refractivity contribution in [3.05, 3.63) is 0 Å². The van der Waals surface area contributed by atoms with Gasteiger partial charge in [-0.25, -0.2) is 12.7 Å². The van der Waals surface area contributed by atoms with Crippen LogP contribution in [0.2, 0.25) is 0 Å². The predicted octanol–water partition coefficient (Wildman–Crippen LogP) is 2.02. The van der Waals surface area contributed by atoms with Gasteiger partial charge in [-0.3, -0.25) is 4.99 Å². The highest BCUT2D eigenvalue weighted by Crippen LogP contribution is 2.42. The molecule has 0 amide bonds. The third-order valence-electron chi connectivity index (χ3n) is 4.77. The Hall–Kier alpha value is -0.0900. The molecule has 0 aromatic carbocycles. The van der Waals surface area contributed by atoms with Crippen molar-refractivity contribution in [3.63, 3.8) is 0 Å². The van der Waals surface area contributed by atoms with Crippen LogP contribution in [-0.2, 0) is 10.0 Å². The first-order valence-corrected chi connectivity index (χ1v) is 9.96. The number of hydrogen-bond donors (Lipinski definition) is 2. The molecule has 0 bridgehead atoms. The van der Waals surface area contributed by atoms with E-state index in [4.69, 9.17) is 0 Å². The third kappa shape index (κ3) is 6.74. The molecule has 1 aliphatic carbocycles. The Bertz CT molecular complexity index is 455. The first-order valence-electron chi connectivity index (χ1n) is 8.35. The maximum atomic E-state index is 12.1. The molecular weight excluding hydrogens is 427 g/mol. The SMILES string of the molecule is CCN(CC)S(=O)(=O)CCNC(=NC)NCC1(CC)CCC1.I. The van der Waals surface area contributed by atoms with Crippen molar-refractivity contribution >= 4 is 40.0 Å². The van der Waals surface area contributed by atoms with Crippen LogP contribution in [0.3, 0.4) is 0 Å². The molecule has 0 unspecified atom stereocenters. The summed E-state index contributed by atoms with van der Waals surface area (Å²) in [6.45, 7) is 8.27. The monoisotopic (exact) mass is 460 g/mol. The molecule has 0 aliphatic heterocycles. The lowest BCUT2D eigenvalue weighted by molar-refractivity contribution is 0.131. The van der Waals surface area contributed by atoms with Crippen molar-refractivity contribution < 1.29 is 8.42 Å². The van der Waals surface area contributed by atoms with Crippen LogP contribution in [0, 0.1) is 5.41 Å². The van der Waals surface area contributed by atoms with E-state index >= 15 is 0 Å². The Morgan fingerprint density at radius 1 is 1.17 bits per heavy atom. The maximum absolute atomic E-state index is 12.1. The van der Waals surface area contributed by atoms with Crippen LogP contribution in [0.1, 0.15) is 46.5 Å². The molecule has 0 aromatic heterocycles. The summed E-state index contributed by atoms with van der Waals surface area (Å²) in [6.07, 6.45) is 5.02. The molecule has 0 spiro atoms. The minimum Gasteiger partial charge on any atom is -0.356 e. The number of sulfonamides is 1. The number of guanidine groups is 1. The number of nitrogens with zero attached hydrogens (tertiary/aromatic N) is 2. The van der Waals surface area contributed by atoms with Gasteiger partial charge in [0.05, 0.1) is 5.75 Å². The molecule has 0 aromatic rings. The van der Waals surface area contributed by atoms with E-state index in [1.807, 2.05) is 13.8 Å². The summed E-state index contributed by atoms with van der Waals surface area (Å²) in [7, 11) is -1.46. The van der Waals surface area contributed by atoms with Crippen molar-refractivity contribution in [1.82, 2.24) is 14.9 Å². The van der Waals surface area contributed by atoms with E-state index in [0.717, 1.165) is 6.54 Å². The molecule has 0 radical (unpaired) electrons. The van der Waals surface area contributed by atoms with Crippen LogP contribution >= 0.6 is 24.0 Å². The van der Waals surface area contributed by atoms with Gasteiger partial charge in [-0.05, 0) is 24.7 Å². The lowest BCUT2D eigenvalue weighted by Crippen LogP contribution is -2.47. The van der Waals surface area contributed by atoms with Gasteiger partial charge in [-0.1, -0.05) is 27.2 Å². The van der Waals surface area contributed by atoms with E-state index in [1.165, 1.54) is 30.0 Å². The smallest absolute Gasteiger partial charge is 0.215 e. The Morgan fingerprint density at radius 3 is 2.17 bits per heavy atom. The number of rotatable bonds is 9. The van der Waals surface area contributed by atoms with Gasteiger partial charge in [0.25, 0.3) is 0 Å². The van der Waals surface area contributed by atoms with Crippen molar-refractivity contribution in [2.24, 2.45) is 10.4 Å². The van der Waals surface area contributed by atoms with E-state index in [0.29, 0.717) is 31.0 Å². The Balaban J connectivity index is 0.00000484. The molecule has 2 N–H and O–H groups in total. The summed E-state index contributed by atoms with van der Waals surface area (Å²) in [5.41, 5.74) is 0.408. The van der Waals surface area contributed by atoms with E-state index in [-0.39, 0.29) is 29.7 Å². The summed E-state index contributed by atoms with van der Waals surface area (Å²) in [5, 5.41) is 6.44. The fraction of sp³-hybridized carbons (Fsp3) is 0.933. The van der Waals surface area contributed by atoms with Crippen LogP contribution in [0.4, 0.5) is 0 Å². The molecule has 23 heavy (non-hydrogen) atoms. The van der Waals surface area contributed by atoms with Gasteiger partial charge in [-0.2, -0.15) is 0 Å². The molecule has 0 saturated heterocycles. The number of aliphatic imine (C=N–C) groups is 1. The van der Waals surface area contributed by atoms with Crippen molar-refractivity contribution in [2.75, 3.05) is 39.0 Å². The van der Waals surface area contributed by atoms with Gasteiger partial charge in [0, 0.05) is 33.2 Å². The summed E-state index contributed by atoms with van der Waals surface area (Å²) >= 11 is 0. The Morgan fingerprint density at radius 2 is 1.78 bits per heavy atom. The number of halogens is 1. The zero-order chi connectivity index (χ0) is 16.6. The Labute approximate surface area is 159 Å². The Kier molecular flexibility index (Phi) is 10.7. The molecule has 1 fully saturated rings. The zero-order valence-corrected chi connectivity index (χ0v) is 18.0. The first kappa shape index (κ1) is 22.9. The molecule has 138 valence electrons. The third-order valence-corrected chi connectivity index (χ3v) is 6.79. The molecule has 1 aliphatic rings. The van der Waals surface area contributed by atoms with E-state index in [2.05, 4.69) is 22.5 Å². The van der Waals surface area contributed by atoms with Crippen LogP contribution in [0.5, 0.6) is 0 Å². The highest BCUT2D eigenvalue weighted by molar-refractivity contribution is 14.0. The second-order valence-electron chi connectivity index (χ2n) is 5.96. The molecule has 0 heterocycles. The largest absolute Gasteiger partial charge is 0.356 e. The molecule has 1 saturated carbocycles. The lowest BCUT2D eigenvalue weighted by atomic mass is 9.67. The van der Waals surface area contributed by atoms with Gasteiger partial charge in [-0.15, -0.1) is 24.0 Å². The van der Waals surface area contributed by atoms with Gasteiger partial charge in [0.15, 0.2) is 5.96 Å². The standard InChI is InChI=1S/C15H32N4O2S.HI/c1-5-15(9-8-10-15)13-18-14(16-4)17-11-12-22(20,21)19(6-2)7-3;/h5-13H2,1-4H3,(H2,16,17,18);1H. The van der Waals surface area contributed by atoms with Gasteiger partial charge < -0.3 is 10.6 Å². The van der Waals surface area contributed by atoms with Gasteiger partial charge >= 0.3 is 0 Å². The van der Waals surface area contributed by atoms with Crippen molar-refractivity contribution in [2.45, 2.75) is 46.5 Å². The van der Waals surface area contributed by atoms with Gasteiger partial charge in [0.2, 0.25) is 10.0 Å². The van der Waals surface area contributed by atoms with E-state index < -0.39 is 10.0 Å². The van der Waals surface area contributed by atoms with E-state index in [9.17, 15) is 8.42 Å².